The highest BCUT2D eigenvalue weighted by atomic mass is 16.3. The molecule has 4 heteroatoms. The molecule has 55 heavy (non-hydrogen) atoms. The Morgan fingerprint density at radius 1 is 0.273 bits per heavy atom. The van der Waals surface area contributed by atoms with Crippen molar-refractivity contribution in [1.82, 2.24) is 15.0 Å². The SMILES string of the molecule is c1ccc(-c2ccc(-c3cccc(-c4nc(-c5ccccc5)nc(-c5ccc6c(c5)oc5cccc(-c7ccc(-c8ccccc8)cc7)c56)n4)c3)cc2)cc1. The number of rotatable bonds is 7. The highest BCUT2D eigenvalue weighted by molar-refractivity contribution is 6.13. The number of aromatic nitrogens is 3. The van der Waals surface area contributed by atoms with E-state index < -0.39 is 0 Å². The Balaban J connectivity index is 1.04. The van der Waals surface area contributed by atoms with Gasteiger partial charge in [0.2, 0.25) is 0 Å². The van der Waals surface area contributed by atoms with Crippen LogP contribution < -0.4 is 0 Å². The third-order valence-electron chi connectivity index (χ3n) is 10.2. The molecule has 0 atom stereocenters. The summed E-state index contributed by atoms with van der Waals surface area (Å²) in [6, 6.07) is 69.3. The van der Waals surface area contributed by atoms with E-state index in [0.717, 1.165) is 60.9 Å². The summed E-state index contributed by atoms with van der Waals surface area (Å²) in [5.41, 5.74) is 13.6. The van der Waals surface area contributed by atoms with Crippen LogP contribution in [0.5, 0.6) is 0 Å². The summed E-state index contributed by atoms with van der Waals surface area (Å²) in [5, 5.41) is 2.14. The van der Waals surface area contributed by atoms with Crippen LogP contribution in [-0.4, -0.2) is 15.0 Å². The first-order valence-electron chi connectivity index (χ1n) is 18.4. The lowest BCUT2D eigenvalue weighted by atomic mass is 9.96. The van der Waals surface area contributed by atoms with Crippen molar-refractivity contribution in [3.63, 3.8) is 0 Å². The fraction of sp³-hybridized carbons (Fsp3) is 0. The number of benzene rings is 8. The van der Waals surface area contributed by atoms with Gasteiger partial charge in [0.25, 0.3) is 0 Å². The number of hydrogen-bond acceptors (Lipinski definition) is 4. The molecule has 0 aliphatic heterocycles. The summed E-state index contributed by atoms with van der Waals surface area (Å²) in [5.74, 6) is 1.81. The average molecular weight is 704 g/mol. The van der Waals surface area contributed by atoms with Crippen LogP contribution in [0, 0.1) is 0 Å². The molecular weight excluding hydrogens is 671 g/mol. The van der Waals surface area contributed by atoms with Crippen molar-refractivity contribution >= 4 is 21.9 Å². The minimum absolute atomic E-state index is 0.584. The molecule has 2 aromatic heterocycles. The topological polar surface area (TPSA) is 51.8 Å². The molecular formula is C51H33N3O. The molecule has 0 fully saturated rings. The van der Waals surface area contributed by atoms with E-state index in [1.807, 2.05) is 48.5 Å². The van der Waals surface area contributed by atoms with E-state index in [-0.39, 0.29) is 0 Å². The third-order valence-corrected chi connectivity index (χ3v) is 10.2. The third kappa shape index (κ3) is 6.26. The van der Waals surface area contributed by atoms with E-state index in [4.69, 9.17) is 19.4 Å². The van der Waals surface area contributed by atoms with Crippen molar-refractivity contribution in [2.75, 3.05) is 0 Å². The van der Waals surface area contributed by atoms with Gasteiger partial charge in [0.15, 0.2) is 17.5 Å². The predicted molar refractivity (Wildman–Crippen MR) is 225 cm³/mol. The zero-order valence-electron chi connectivity index (χ0n) is 29.8. The second-order valence-corrected chi connectivity index (χ2v) is 13.6. The Labute approximate surface area is 319 Å². The fourth-order valence-corrected chi connectivity index (χ4v) is 7.35. The predicted octanol–water partition coefficient (Wildman–Crippen LogP) is 13.4. The minimum Gasteiger partial charge on any atom is -0.456 e. The molecule has 0 aliphatic rings. The van der Waals surface area contributed by atoms with Crippen LogP contribution in [0.15, 0.2) is 205 Å². The van der Waals surface area contributed by atoms with Crippen LogP contribution in [0.3, 0.4) is 0 Å². The lowest BCUT2D eigenvalue weighted by Crippen LogP contribution is -2.00. The van der Waals surface area contributed by atoms with Gasteiger partial charge in [0, 0.05) is 27.5 Å². The van der Waals surface area contributed by atoms with Gasteiger partial charge >= 0.3 is 0 Å². The molecule has 258 valence electrons. The molecule has 10 aromatic rings. The summed E-state index contributed by atoms with van der Waals surface area (Å²) in [6.45, 7) is 0. The Hall–Kier alpha value is -7.43. The van der Waals surface area contributed by atoms with Crippen molar-refractivity contribution in [3.8, 4) is 78.7 Å². The van der Waals surface area contributed by atoms with Gasteiger partial charge in [-0.3, -0.25) is 0 Å². The van der Waals surface area contributed by atoms with E-state index in [1.165, 1.54) is 22.3 Å². The highest BCUT2D eigenvalue weighted by Crippen LogP contribution is 2.39. The molecule has 0 N–H and O–H groups in total. The molecule has 2 heterocycles. The first-order valence-corrected chi connectivity index (χ1v) is 18.4. The normalized spacial score (nSPS) is 11.3. The number of furan rings is 1. The molecule has 0 unspecified atom stereocenters. The Kier molecular flexibility index (Phi) is 8.12. The second kappa shape index (κ2) is 13.8. The van der Waals surface area contributed by atoms with Gasteiger partial charge < -0.3 is 4.42 Å². The van der Waals surface area contributed by atoms with Gasteiger partial charge in [-0.2, -0.15) is 0 Å². The summed E-state index contributed by atoms with van der Waals surface area (Å²) in [7, 11) is 0. The lowest BCUT2D eigenvalue weighted by Gasteiger charge is -2.10. The van der Waals surface area contributed by atoms with Crippen molar-refractivity contribution < 1.29 is 4.42 Å². The van der Waals surface area contributed by atoms with Gasteiger partial charge in [-0.05, 0) is 68.8 Å². The maximum atomic E-state index is 6.53. The summed E-state index contributed by atoms with van der Waals surface area (Å²) >= 11 is 0. The van der Waals surface area contributed by atoms with Crippen molar-refractivity contribution in [2.24, 2.45) is 0 Å². The van der Waals surface area contributed by atoms with Crippen LogP contribution in [0.4, 0.5) is 0 Å². The van der Waals surface area contributed by atoms with E-state index in [0.29, 0.717) is 17.5 Å². The van der Waals surface area contributed by atoms with Gasteiger partial charge in [-0.25, -0.2) is 15.0 Å². The van der Waals surface area contributed by atoms with Gasteiger partial charge in [0.05, 0.1) is 0 Å². The molecule has 4 nitrogen and oxygen atoms in total. The van der Waals surface area contributed by atoms with Crippen molar-refractivity contribution in [3.05, 3.63) is 200 Å². The monoisotopic (exact) mass is 703 g/mol. The first kappa shape index (κ1) is 32.2. The summed E-state index contributed by atoms with van der Waals surface area (Å²) in [6.07, 6.45) is 0. The molecule has 8 aromatic carbocycles. The highest BCUT2D eigenvalue weighted by Gasteiger charge is 2.17. The van der Waals surface area contributed by atoms with Gasteiger partial charge in [-0.15, -0.1) is 0 Å². The van der Waals surface area contributed by atoms with E-state index in [1.54, 1.807) is 0 Å². The largest absolute Gasteiger partial charge is 0.456 e. The molecule has 0 saturated carbocycles. The fourth-order valence-electron chi connectivity index (χ4n) is 7.35. The zero-order chi connectivity index (χ0) is 36.6. The lowest BCUT2D eigenvalue weighted by molar-refractivity contribution is 0.669. The Bertz CT molecular complexity index is 2940. The quantitative estimate of drug-likeness (QED) is 0.166. The molecule has 0 amide bonds. The van der Waals surface area contributed by atoms with Crippen LogP contribution in [-0.2, 0) is 0 Å². The smallest absolute Gasteiger partial charge is 0.164 e. The Morgan fingerprint density at radius 2 is 0.691 bits per heavy atom. The van der Waals surface area contributed by atoms with Gasteiger partial charge in [0.1, 0.15) is 11.2 Å². The van der Waals surface area contributed by atoms with E-state index >= 15 is 0 Å². The first-order chi connectivity index (χ1) is 27.2. The van der Waals surface area contributed by atoms with Crippen LogP contribution in [0.1, 0.15) is 0 Å². The standard InChI is InChI=1S/C51H33N3O/c1-4-12-34(13-5-1)36-22-24-38(25-23-36)41-18-10-19-42(32-41)50-52-49(40-16-8-3-9-17-40)53-51(54-50)43-30-31-45-47(33-43)55-46-21-11-20-44(48(45)46)39-28-26-37(27-29-39)35-14-6-2-7-15-35/h1-33H. The van der Waals surface area contributed by atoms with Crippen molar-refractivity contribution in [2.45, 2.75) is 0 Å². The minimum atomic E-state index is 0.584. The Morgan fingerprint density at radius 3 is 1.29 bits per heavy atom. The van der Waals surface area contributed by atoms with Crippen LogP contribution in [0.25, 0.3) is 101 Å². The average Bonchev–Trinajstić information content (AvgIpc) is 3.66. The van der Waals surface area contributed by atoms with Gasteiger partial charge in [-0.1, -0.05) is 176 Å². The molecule has 0 spiro atoms. The number of hydrogen-bond donors (Lipinski definition) is 0. The van der Waals surface area contributed by atoms with Crippen LogP contribution in [0.2, 0.25) is 0 Å². The molecule has 0 bridgehead atoms. The molecule has 0 radical (unpaired) electrons. The van der Waals surface area contributed by atoms with E-state index in [9.17, 15) is 0 Å². The van der Waals surface area contributed by atoms with Crippen LogP contribution >= 0.6 is 0 Å². The maximum absolute atomic E-state index is 6.53. The maximum Gasteiger partial charge on any atom is 0.164 e. The second-order valence-electron chi connectivity index (χ2n) is 13.6. The number of nitrogens with zero attached hydrogens (tertiary/aromatic N) is 3. The molecule has 0 aliphatic carbocycles. The van der Waals surface area contributed by atoms with Crippen molar-refractivity contribution in [1.29, 1.82) is 0 Å². The summed E-state index contributed by atoms with van der Waals surface area (Å²) < 4.78 is 6.53. The number of fused-ring (bicyclic) bond motifs is 3. The molecule has 10 rings (SSSR count). The molecule has 0 saturated heterocycles. The zero-order valence-corrected chi connectivity index (χ0v) is 29.8. The van der Waals surface area contributed by atoms with E-state index in [2.05, 4.69) is 152 Å². The summed E-state index contributed by atoms with van der Waals surface area (Å²) in [4.78, 5) is 15.1.